The van der Waals surface area contributed by atoms with Gasteiger partial charge in [0, 0.05) is 19.3 Å². The Kier molecular flexibility index (Phi) is 5.48. The van der Waals surface area contributed by atoms with Crippen LogP contribution in [0.25, 0.3) is 10.8 Å². The number of carbonyl (C=O) groups excluding carboxylic acids is 1. The molecule has 1 amide bonds. The lowest BCUT2D eigenvalue weighted by molar-refractivity contribution is 0.0693. The van der Waals surface area contributed by atoms with Crippen molar-refractivity contribution in [3.63, 3.8) is 0 Å². The topological polar surface area (TPSA) is 76.1 Å². The second-order valence-electron chi connectivity index (χ2n) is 7.14. The van der Waals surface area contributed by atoms with Gasteiger partial charge in [-0.15, -0.1) is 10.2 Å². The monoisotopic (exact) mass is 376 g/mol. The van der Waals surface area contributed by atoms with Gasteiger partial charge in [0.25, 0.3) is 5.91 Å². The smallest absolute Gasteiger partial charge is 0.272 e. The van der Waals surface area contributed by atoms with E-state index in [0.717, 1.165) is 12.8 Å². The average Bonchev–Trinajstić information content (AvgIpc) is 2.74. The van der Waals surface area contributed by atoms with Crippen molar-refractivity contribution < 1.29 is 9.53 Å². The van der Waals surface area contributed by atoms with Gasteiger partial charge in [-0.3, -0.25) is 4.79 Å². The highest BCUT2D eigenvalue weighted by Crippen LogP contribution is 2.22. The first-order chi connectivity index (χ1) is 13.7. The molecule has 4 rings (SSSR count). The minimum Gasteiger partial charge on any atom is -0.381 e. The Morgan fingerprint density at radius 3 is 2.57 bits per heavy atom. The Morgan fingerprint density at radius 2 is 1.82 bits per heavy atom. The Hall–Kier alpha value is -2.99. The van der Waals surface area contributed by atoms with Crippen molar-refractivity contribution in [2.24, 2.45) is 0 Å². The summed E-state index contributed by atoms with van der Waals surface area (Å²) in [5.41, 5.74) is 1.50. The van der Waals surface area contributed by atoms with Crippen LogP contribution in [0.3, 0.4) is 0 Å². The van der Waals surface area contributed by atoms with E-state index in [0.29, 0.717) is 24.7 Å². The van der Waals surface area contributed by atoms with Crippen molar-refractivity contribution >= 4 is 22.5 Å². The van der Waals surface area contributed by atoms with Crippen LogP contribution in [0.2, 0.25) is 0 Å². The molecule has 1 fully saturated rings. The summed E-state index contributed by atoms with van der Waals surface area (Å²) in [6, 6.07) is 18.4. The van der Waals surface area contributed by atoms with E-state index in [1.165, 1.54) is 16.3 Å². The average molecular weight is 376 g/mol. The van der Waals surface area contributed by atoms with Crippen LogP contribution in [0, 0.1) is 0 Å². The van der Waals surface area contributed by atoms with E-state index in [1.54, 1.807) is 12.1 Å². The zero-order valence-electron chi connectivity index (χ0n) is 15.9. The third-order valence-electron chi connectivity index (χ3n) is 5.09. The Balaban J connectivity index is 1.39. The first-order valence-electron chi connectivity index (χ1n) is 9.66. The summed E-state index contributed by atoms with van der Waals surface area (Å²) in [4.78, 5) is 12.3. The molecule has 6 nitrogen and oxygen atoms in total. The van der Waals surface area contributed by atoms with Crippen LogP contribution in [0.1, 0.15) is 41.9 Å². The van der Waals surface area contributed by atoms with Gasteiger partial charge in [-0.05, 0) is 54.3 Å². The SMILES string of the molecule is CC(Nc1ccc(C(=O)NC2CCOCC2)nn1)c1ccc2ccccc2c1. The number of nitrogens with zero attached hydrogens (tertiary/aromatic N) is 2. The lowest BCUT2D eigenvalue weighted by Gasteiger charge is -2.22. The molecular formula is C22H24N4O2. The predicted molar refractivity (Wildman–Crippen MR) is 109 cm³/mol. The zero-order chi connectivity index (χ0) is 19.3. The third kappa shape index (κ3) is 4.28. The minimum atomic E-state index is -0.187. The molecule has 2 aromatic carbocycles. The van der Waals surface area contributed by atoms with Crippen LogP contribution < -0.4 is 10.6 Å². The maximum Gasteiger partial charge on any atom is 0.272 e. The fourth-order valence-electron chi connectivity index (χ4n) is 3.41. The molecule has 2 heterocycles. The van der Waals surface area contributed by atoms with E-state index in [1.807, 2.05) is 12.1 Å². The largest absolute Gasteiger partial charge is 0.381 e. The Labute approximate surface area is 164 Å². The first kappa shape index (κ1) is 18.4. The number of hydrogen-bond donors (Lipinski definition) is 2. The van der Waals surface area contributed by atoms with Crippen LogP contribution in [0.15, 0.2) is 54.6 Å². The van der Waals surface area contributed by atoms with E-state index in [4.69, 9.17) is 4.74 Å². The van der Waals surface area contributed by atoms with Crippen molar-refractivity contribution in [1.82, 2.24) is 15.5 Å². The molecule has 1 saturated heterocycles. The van der Waals surface area contributed by atoms with Crippen molar-refractivity contribution in [1.29, 1.82) is 0 Å². The molecule has 1 aromatic heterocycles. The standard InChI is InChI=1S/C22H24N4O2/c1-15(17-7-6-16-4-2-3-5-18(16)14-17)23-21-9-8-20(25-26-21)22(27)24-19-10-12-28-13-11-19/h2-9,14-15,19H,10-13H2,1H3,(H,23,26)(H,24,27). The highest BCUT2D eigenvalue weighted by molar-refractivity contribution is 5.92. The molecule has 3 aromatic rings. The quantitative estimate of drug-likeness (QED) is 0.710. The summed E-state index contributed by atoms with van der Waals surface area (Å²) in [5.74, 6) is 0.455. The van der Waals surface area contributed by atoms with Gasteiger partial charge in [-0.25, -0.2) is 0 Å². The van der Waals surface area contributed by atoms with E-state index in [-0.39, 0.29) is 18.0 Å². The molecule has 6 heteroatoms. The van der Waals surface area contributed by atoms with Gasteiger partial charge in [0.05, 0.1) is 6.04 Å². The number of carbonyl (C=O) groups is 1. The molecule has 0 radical (unpaired) electrons. The molecule has 0 bridgehead atoms. The molecular weight excluding hydrogens is 352 g/mol. The molecule has 1 aliphatic rings. The van der Waals surface area contributed by atoms with Crippen LogP contribution in [0.4, 0.5) is 5.82 Å². The number of ether oxygens (including phenoxy) is 1. The molecule has 144 valence electrons. The van der Waals surface area contributed by atoms with Crippen LogP contribution in [-0.2, 0) is 4.74 Å². The van der Waals surface area contributed by atoms with E-state index in [2.05, 4.69) is 58.1 Å². The van der Waals surface area contributed by atoms with Gasteiger partial charge in [0.2, 0.25) is 0 Å². The molecule has 28 heavy (non-hydrogen) atoms. The second-order valence-corrected chi connectivity index (χ2v) is 7.14. The van der Waals surface area contributed by atoms with E-state index in [9.17, 15) is 4.79 Å². The first-order valence-corrected chi connectivity index (χ1v) is 9.66. The molecule has 0 saturated carbocycles. The molecule has 0 spiro atoms. The highest BCUT2D eigenvalue weighted by atomic mass is 16.5. The molecule has 0 aliphatic carbocycles. The van der Waals surface area contributed by atoms with Crippen molar-refractivity contribution in [2.75, 3.05) is 18.5 Å². The fourth-order valence-corrected chi connectivity index (χ4v) is 3.41. The zero-order valence-corrected chi connectivity index (χ0v) is 15.9. The lowest BCUT2D eigenvalue weighted by Crippen LogP contribution is -2.39. The number of hydrogen-bond acceptors (Lipinski definition) is 5. The fraction of sp³-hybridized carbons (Fsp3) is 0.318. The molecule has 1 atom stereocenters. The number of anilines is 1. The van der Waals surface area contributed by atoms with Gasteiger partial charge in [-0.1, -0.05) is 36.4 Å². The summed E-state index contributed by atoms with van der Waals surface area (Å²) < 4.78 is 5.31. The van der Waals surface area contributed by atoms with Gasteiger partial charge >= 0.3 is 0 Å². The van der Waals surface area contributed by atoms with E-state index >= 15 is 0 Å². The summed E-state index contributed by atoms with van der Waals surface area (Å²) in [6.45, 7) is 3.45. The maximum atomic E-state index is 12.3. The molecule has 1 unspecified atom stereocenters. The van der Waals surface area contributed by atoms with E-state index < -0.39 is 0 Å². The summed E-state index contributed by atoms with van der Waals surface area (Å²) in [7, 11) is 0. The number of rotatable bonds is 5. The number of fused-ring (bicyclic) bond motifs is 1. The minimum absolute atomic E-state index is 0.0702. The third-order valence-corrected chi connectivity index (χ3v) is 5.09. The Bertz CT molecular complexity index is 952. The van der Waals surface area contributed by atoms with Crippen LogP contribution in [0.5, 0.6) is 0 Å². The number of nitrogens with one attached hydrogen (secondary N) is 2. The number of amides is 1. The predicted octanol–water partition coefficient (Wildman–Crippen LogP) is 3.71. The van der Waals surface area contributed by atoms with Gasteiger partial charge in [0.15, 0.2) is 5.69 Å². The number of benzene rings is 2. The summed E-state index contributed by atoms with van der Waals surface area (Å²) >= 11 is 0. The lowest BCUT2D eigenvalue weighted by atomic mass is 10.0. The normalized spacial score (nSPS) is 15.9. The van der Waals surface area contributed by atoms with Crippen LogP contribution in [-0.4, -0.2) is 35.4 Å². The van der Waals surface area contributed by atoms with Crippen molar-refractivity contribution in [2.45, 2.75) is 31.8 Å². The van der Waals surface area contributed by atoms with Gasteiger partial charge in [0.1, 0.15) is 5.82 Å². The Morgan fingerprint density at radius 1 is 1.04 bits per heavy atom. The highest BCUT2D eigenvalue weighted by Gasteiger charge is 2.18. The number of aromatic nitrogens is 2. The van der Waals surface area contributed by atoms with Gasteiger partial charge < -0.3 is 15.4 Å². The summed E-state index contributed by atoms with van der Waals surface area (Å²) in [5, 5.41) is 17.0. The van der Waals surface area contributed by atoms with Crippen molar-refractivity contribution in [3.8, 4) is 0 Å². The summed E-state index contributed by atoms with van der Waals surface area (Å²) in [6.07, 6.45) is 1.67. The molecule has 1 aliphatic heterocycles. The van der Waals surface area contributed by atoms with Crippen molar-refractivity contribution in [3.05, 3.63) is 65.9 Å². The van der Waals surface area contributed by atoms with Crippen LogP contribution >= 0.6 is 0 Å². The maximum absolute atomic E-state index is 12.3. The molecule has 2 N–H and O–H groups in total. The van der Waals surface area contributed by atoms with Gasteiger partial charge in [-0.2, -0.15) is 0 Å². The second kappa shape index (κ2) is 8.35.